The first kappa shape index (κ1) is 18.1. The van der Waals surface area contributed by atoms with E-state index in [0.29, 0.717) is 5.54 Å². The molecule has 0 spiro atoms. The summed E-state index contributed by atoms with van der Waals surface area (Å²) >= 11 is 0. The van der Waals surface area contributed by atoms with Gasteiger partial charge < -0.3 is 0 Å². The molecule has 0 fully saturated rings. The van der Waals surface area contributed by atoms with Crippen LogP contribution in [0.2, 0.25) is 19.6 Å². The van der Waals surface area contributed by atoms with Crippen molar-refractivity contribution in [2.24, 2.45) is 4.36 Å². The second-order valence-corrected chi connectivity index (χ2v) is 15.7. The van der Waals surface area contributed by atoms with Gasteiger partial charge in [-0.2, -0.15) is 4.36 Å². The van der Waals surface area contributed by atoms with E-state index in [0.717, 1.165) is 17.0 Å². The predicted octanol–water partition coefficient (Wildman–Crippen LogP) is 6.07. The molecule has 1 aliphatic heterocycles. The van der Waals surface area contributed by atoms with Gasteiger partial charge in [-0.1, -0.05) is 61.6 Å². The molecular weight excluding hydrogens is 342 g/mol. The molecule has 4 heteroatoms. The third kappa shape index (κ3) is 3.25. The molecule has 0 saturated heterocycles. The fraction of sp³-hybridized carbons (Fsp3) is 0.333. The van der Waals surface area contributed by atoms with Crippen LogP contribution in [0.4, 0.5) is 5.69 Å². The zero-order valence-electron chi connectivity index (χ0n) is 15.5. The Morgan fingerprint density at radius 2 is 1.76 bits per heavy atom. The van der Waals surface area contributed by atoms with E-state index in [4.69, 9.17) is 4.36 Å². The Bertz CT molecular complexity index is 902. The van der Waals surface area contributed by atoms with Crippen LogP contribution in [0.15, 0.2) is 70.4 Å². The number of aryl methyl sites for hydroxylation is 1. The standard InChI is InChI=1S/C21H27NOSSi/c1-6-9-20-21(25(3,4)5)18-10-7-8-11-19(18)22-24(20,23)17-14-12-16(2)13-15-17/h6-8,10-15,20-21H,1,9H2,2-5H3/t20-,21-,24-/m1/s1. The molecule has 0 aromatic heterocycles. The van der Waals surface area contributed by atoms with Crippen LogP contribution in [0.3, 0.4) is 0 Å². The molecule has 0 bridgehead atoms. The van der Waals surface area contributed by atoms with E-state index < -0.39 is 17.8 Å². The van der Waals surface area contributed by atoms with Crippen LogP contribution in [0.25, 0.3) is 0 Å². The molecule has 25 heavy (non-hydrogen) atoms. The lowest BCUT2D eigenvalue weighted by Gasteiger charge is -2.40. The summed E-state index contributed by atoms with van der Waals surface area (Å²) in [7, 11) is -4.17. The maximum Gasteiger partial charge on any atom is 0.0836 e. The molecular formula is C21H27NOSSi. The number of nitrogens with zero attached hydrogens (tertiary/aromatic N) is 1. The van der Waals surface area contributed by atoms with Crippen molar-refractivity contribution in [1.29, 1.82) is 0 Å². The summed E-state index contributed by atoms with van der Waals surface area (Å²) in [6.07, 6.45) is 2.63. The number of rotatable bonds is 4. The van der Waals surface area contributed by atoms with E-state index in [1.807, 2.05) is 42.5 Å². The first-order valence-corrected chi connectivity index (χ1v) is 14.0. The van der Waals surface area contributed by atoms with E-state index >= 15 is 0 Å². The van der Waals surface area contributed by atoms with Crippen LogP contribution in [0.1, 0.15) is 23.1 Å². The van der Waals surface area contributed by atoms with Gasteiger partial charge in [0.1, 0.15) is 0 Å². The van der Waals surface area contributed by atoms with Gasteiger partial charge in [0.15, 0.2) is 0 Å². The minimum absolute atomic E-state index is 0.0192. The fourth-order valence-electron chi connectivity index (χ4n) is 3.85. The Morgan fingerprint density at radius 3 is 2.36 bits per heavy atom. The summed E-state index contributed by atoms with van der Waals surface area (Å²) in [5.74, 6) is 0. The molecule has 1 aliphatic rings. The number of fused-ring (bicyclic) bond motifs is 1. The zero-order valence-corrected chi connectivity index (χ0v) is 17.3. The van der Waals surface area contributed by atoms with Crippen LogP contribution in [-0.4, -0.2) is 17.5 Å². The summed E-state index contributed by atoms with van der Waals surface area (Å²) in [5, 5.41) is -0.0192. The number of hydrogen-bond donors (Lipinski definition) is 0. The Morgan fingerprint density at radius 1 is 1.12 bits per heavy atom. The topological polar surface area (TPSA) is 29.4 Å². The molecule has 0 unspecified atom stereocenters. The molecule has 0 saturated carbocycles. The summed E-state index contributed by atoms with van der Waals surface area (Å²) in [4.78, 5) is 0.850. The molecule has 132 valence electrons. The average Bonchev–Trinajstić information content (AvgIpc) is 2.55. The van der Waals surface area contributed by atoms with Gasteiger partial charge in [-0.3, -0.25) is 0 Å². The van der Waals surface area contributed by atoms with Crippen LogP contribution >= 0.6 is 0 Å². The molecule has 2 nitrogen and oxygen atoms in total. The molecule has 2 aromatic rings. The molecule has 2 aromatic carbocycles. The third-order valence-electron chi connectivity index (χ3n) is 4.98. The highest BCUT2D eigenvalue weighted by molar-refractivity contribution is 7.94. The smallest absolute Gasteiger partial charge is 0.0836 e. The van der Waals surface area contributed by atoms with Crippen molar-refractivity contribution in [2.45, 2.75) is 48.7 Å². The Kier molecular flexibility index (Phi) is 4.77. The number of hydrogen-bond acceptors (Lipinski definition) is 2. The molecule has 0 N–H and O–H groups in total. The highest BCUT2D eigenvalue weighted by atomic mass is 32.2. The minimum Gasteiger partial charge on any atom is -0.244 e. The van der Waals surface area contributed by atoms with Crippen molar-refractivity contribution in [3.05, 3.63) is 72.3 Å². The largest absolute Gasteiger partial charge is 0.244 e. The van der Waals surface area contributed by atoms with E-state index in [9.17, 15) is 4.21 Å². The average molecular weight is 370 g/mol. The Hall–Kier alpha value is -1.65. The van der Waals surface area contributed by atoms with Gasteiger partial charge in [0.2, 0.25) is 0 Å². The van der Waals surface area contributed by atoms with Gasteiger partial charge in [-0.15, -0.1) is 6.58 Å². The summed E-state index contributed by atoms with van der Waals surface area (Å²) < 4.78 is 19.1. The summed E-state index contributed by atoms with van der Waals surface area (Å²) in [6, 6.07) is 16.3. The number of allylic oxidation sites excluding steroid dienone is 1. The van der Waals surface area contributed by atoms with Crippen LogP contribution < -0.4 is 0 Å². The minimum atomic E-state index is -2.55. The Balaban J connectivity index is 2.32. The molecule has 0 radical (unpaired) electrons. The van der Waals surface area contributed by atoms with Gasteiger partial charge in [-0.05, 0) is 42.6 Å². The van der Waals surface area contributed by atoms with E-state index in [1.165, 1.54) is 11.1 Å². The van der Waals surface area contributed by atoms with Crippen molar-refractivity contribution in [2.75, 3.05) is 0 Å². The normalized spacial score (nSPS) is 25.8. The molecule has 0 aliphatic carbocycles. The van der Waals surface area contributed by atoms with Gasteiger partial charge in [0, 0.05) is 4.90 Å². The molecule has 3 rings (SSSR count). The lowest BCUT2D eigenvalue weighted by atomic mass is 10.0. The van der Waals surface area contributed by atoms with Crippen molar-refractivity contribution >= 4 is 23.5 Å². The van der Waals surface area contributed by atoms with E-state index in [-0.39, 0.29) is 5.25 Å². The van der Waals surface area contributed by atoms with Crippen LogP contribution in [0.5, 0.6) is 0 Å². The molecule has 1 heterocycles. The fourth-order valence-corrected chi connectivity index (χ4v) is 10.5. The quantitative estimate of drug-likeness (QED) is 0.475. The van der Waals surface area contributed by atoms with Crippen molar-refractivity contribution in [3.63, 3.8) is 0 Å². The maximum absolute atomic E-state index is 14.3. The van der Waals surface area contributed by atoms with Gasteiger partial charge in [0.05, 0.1) is 28.7 Å². The Labute approximate surface area is 153 Å². The maximum atomic E-state index is 14.3. The van der Waals surface area contributed by atoms with Gasteiger partial charge in [0.25, 0.3) is 0 Å². The first-order valence-electron chi connectivity index (χ1n) is 8.80. The monoisotopic (exact) mass is 369 g/mol. The van der Waals surface area contributed by atoms with Crippen LogP contribution in [0, 0.1) is 6.92 Å². The summed E-state index contributed by atoms with van der Waals surface area (Å²) in [5.41, 5.74) is 3.64. The lowest BCUT2D eigenvalue weighted by Crippen LogP contribution is -2.44. The SMILES string of the molecule is C=CC[C@@H]1[C@H]([Si](C)(C)C)c2ccccc2N=[S@@]1(=O)c1ccc(C)cc1. The van der Waals surface area contributed by atoms with Crippen molar-refractivity contribution < 1.29 is 4.21 Å². The first-order chi connectivity index (χ1) is 11.8. The number of benzene rings is 2. The molecule has 0 amide bonds. The van der Waals surface area contributed by atoms with E-state index in [2.05, 4.69) is 45.3 Å². The summed E-state index contributed by atoms with van der Waals surface area (Å²) in [6.45, 7) is 13.1. The van der Waals surface area contributed by atoms with E-state index in [1.54, 1.807) is 0 Å². The third-order valence-corrected chi connectivity index (χ3v) is 10.5. The van der Waals surface area contributed by atoms with Crippen molar-refractivity contribution in [1.82, 2.24) is 0 Å². The van der Waals surface area contributed by atoms with Crippen molar-refractivity contribution in [3.8, 4) is 0 Å². The second-order valence-electron chi connectivity index (χ2n) is 7.94. The zero-order chi connectivity index (χ0) is 18.2. The highest BCUT2D eigenvalue weighted by Crippen LogP contribution is 2.47. The predicted molar refractivity (Wildman–Crippen MR) is 111 cm³/mol. The molecule has 3 atom stereocenters. The van der Waals surface area contributed by atoms with Crippen LogP contribution in [-0.2, 0) is 9.73 Å². The lowest BCUT2D eigenvalue weighted by molar-refractivity contribution is 0.648. The van der Waals surface area contributed by atoms with Gasteiger partial charge in [-0.25, -0.2) is 4.21 Å². The van der Waals surface area contributed by atoms with Gasteiger partial charge >= 0.3 is 0 Å². The second kappa shape index (κ2) is 6.58. The highest BCUT2D eigenvalue weighted by Gasteiger charge is 2.44.